The van der Waals surface area contributed by atoms with E-state index in [4.69, 9.17) is 5.73 Å². The van der Waals surface area contributed by atoms with Crippen molar-refractivity contribution in [1.82, 2.24) is 4.57 Å². The summed E-state index contributed by atoms with van der Waals surface area (Å²) in [6.07, 6.45) is 3.49. The summed E-state index contributed by atoms with van der Waals surface area (Å²) in [7, 11) is 0. The molecule has 0 unspecified atom stereocenters. The van der Waals surface area contributed by atoms with Crippen molar-refractivity contribution >= 4 is 5.82 Å². The summed E-state index contributed by atoms with van der Waals surface area (Å²) in [6, 6.07) is 2.66. The smallest absolute Gasteiger partial charge is 0.122 e. The van der Waals surface area contributed by atoms with Crippen molar-refractivity contribution in [2.75, 3.05) is 5.73 Å². The molecule has 0 aliphatic heterocycles. The van der Waals surface area contributed by atoms with Gasteiger partial charge < -0.3 is 10.3 Å². The van der Waals surface area contributed by atoms with Gasteiger partial charge in [0, 0.05) is 11.7 Å². The molecule has 0 saturated heterocycles. The van der Waals surface area contributed by atoms with Gasteiger partial charge in [0.15, 0.2) is 0 Å². The first-order valence-corrected chi connectivity index (χ1v) is 7.45. The van der Waals surface area contributed by atoms with Crippen molar-refractivity contribution in [3.05, 3.63) is 16.8 Å². The highest BCUT2D eigenvalue weighted by atomic mass is 15.1. The first kappa shape index (κ1) is 15.0. The minimum atomic E-state index is 0.316. The van der Waals surface area contributed by atoms with Crippen molar-refractivity contribution < 1.29 is 0 Å². The largest absolute Gasteiger partial charge is 0.384 e. The molecule has 0 bridgehead atoms. The van der Waals surface area contributed by atoms with E-state index in [0.29, 0.717) is 28.3 Å². The molecular formula is C17H27N3. The minimum Gasteiger partial charge on any atom is -0.384 e. The molecule has 1 aromatic rings. The average Bonchev–Trinajstić information content (AvgIpc) is 2.45. The molecule has 0 spiro atoms. The molecule has 110 valence electrons. The predicted molar refractivity (Wildman–Crippen MR) is 83.5 cm³/mol. The monoisotopic (exact) mass is 273 g/mol. The average molecular weight is 273 g/mol. The van der Waals surface area contributed by atoms with Gasteiger partial charge in [0.25, 0.3) is 0 Å². The lowest BCUT2D eigenvalue weighted by Gasteiger charge is -2.46. The summed E-state index contributed by atoms with van der Waals surface area (Å²) < 4.78 is 2.22. The van der Waals surface area contributed by atoms with E-state index in [1.165, 1.54) is 6.42 Å². The number of nitrogen functional groups attached to an aromatic ring is 1. The molecule has 0 atom stereocenters. The molecule has 1 heterocycles. The Bertz CT molecular complexity index is 554. The second-order valence-corrected chi connectivity index (χ2v) is 8.02. The summed E-state index contributed by atoms with van der Waals surface area (Å²) in [5.74, 6) is 0.654. The highest BCUT2D eigenvalue weighted by Crippen LogP contribution is 2.51. The lowest BCUT2D eigenvalue weighted by Crippen LogP contribution is -2.35. The quantitative estimate of drug-likeness (QED) is 0.827. The Hall–Kier alpha value is -1.43. The molecule has 1 aliphatic carbocycles. The first-order chi connectivity index (χ1) is 9.08. The van der Waals surface area contributed by atoms with Gasteiger partial charge in [0.05, 0.1) is 5.56 Å². The van der Waals surface area contributed by atoms with Gasteiger partial charge in [-0.15, -0.1) is 0 Å². The third kappa shape index (κ3) is 2.44. The number of aromatic nitrogens is 1. The summed E-state index contributed by atoms with van der Waals surface area (Å²) in [4.78, 5) is 0. The van der Waals surface area contributed by atoms with E-state index >= 15 is 0 Å². The van der Waals surface area contributed by atoms with E-state index in [9.17, 15) is 5.26 Å². The van der Waals surface area contributed by atoms with Gasteiger partial charge in [-0.2, -0.15) is 5.26 Å². The Labute approximate surface area is 122 Å². The number of nitrogens with zero attached hydrogens (tertiary/aromatic N) is 2. The Morgan fingerprint density at radius 3 is 2.05 bits per heavy atom. The summed E-state index contributed by atoms with van der Waals surface area (Å²) in [5.41, 5.74) is 9.74. The SMILES string of the molecule is Cc1c(C#N)c(N)n(C2CC(C)(C)CC(C)(C)C2)c1C. The molecule has 1 aliphatic rings. The third-order valence-corrected chi connectivity index (χ3v) is 4.81. The molecule has 0 amide bonds. The fourth-order valence-corrected chi connectivity index (χ4v) is 4.44. The van der Waals surface area contributed by atoms with Crippen molar-refractivity contribution in [3.63, 3.8) is 0 Å². The van der Waals surface area contributed by atoms with Crippen LogP contribution in [0.3, 0.4) is 0 Å². The van der Waals surface area contributed by atoms with Crippen LogP contribution in [0.5, 0.6) is 0 Å². The number of hydrogen-bond donors (Lipinski definition) is 1. The van der Waals surface area contributed by atoms with Crippen LogP contribution in [-0.2, 0) is 0 Å². The zero-order valence-electron chi connectivity index (χ0n) is 13.7. The van der Waals surface area contributed by atoms with Crippen LogP contribution >= 0.6 is 0 Å². The standard InChI is InChI=1S/C17H27N3/c1-11-12(2)20(15(19)14(11)9-18)13-7-16(3,4)10-17(5,6)8-13/h13H,7-8,10,19H2,1-6H3. The van der Waals surface area contributed by atoms with Crippen LogP contribution in [0.1, 0.15) is 69.8 Å². The molecule has 2 rings (SSSR count). The first-order valence-electron chi connectivity index (χ1n) is 7.45. The number of rotatable bonds is 1. The van der Waals surface area contributed by atoms with Crippen LogP contribution in [0.25, 0.3) is 0 Å². The zero-order valence-corrected chi connectivity index (χ0v) is 13.7. The molecule has 1 fully saturated rings. The Morgan fingerprint density at radius 2 is 1.65 bits per heavy atom. The van der Waals surface area contributed by atoms with Crippen LogP contribution in [0.4, 0.5) is 5.82 Å². The molecule has 1 saturated carbocycles. The molecule has 20 heavy (non-hydrogen) atoms. The van der Waals surface area contributed by atoms with Crippen LogP contribution in [0.2, 0.25) is 0 Å². The van der Waals surface area contributed by atoms with E-state index < -0.39 is 0 Å². The lowest BCUT2D eigenvalue weighted by molar-refractivity contribution is 0.0725. The highest BCUT2D eigenvalue weighted by molar-refractivity contribution is 5.58. The Balaban J connectivity index is 2.50. The molecule has 1 aromatic heterocycles. The lowest BCUT2D eigenvalue weighted by atomic mass is 9.63. The third-order valence-electron chi connectivity index (χ3n) is 4.81. The van der Waals surface area contributed by atoms with Crippen LogP contribution in [-0.4, -0.2) is 4.57 Å². The number of anilines is 1. The number of hydrogen-bond acceptors (Lipinski definition) is 2. The second kappa shape index (κ2) is 4.55. The van der Waals surface area contributed by atoms with E-state index in [1.807, 2.05) is 6.92 Å². The number of nitriles is 1. The van der Waals surface area contributed by atoms with Crippen LogP contribution in [0, 0.1) is 36.0 Å². The van der Waals surface area contributed by atoms with E-state index in [0.717, 1.165) is 24.1 Å². The molecule has 0 radical (unpaired) electrons. The minimum absolute atomic E-state index is 0.316. The van der Waals surface area contributed by atoms with Gasteiger partial charge in [0.2, 0.25) is 0 Å². The van der Waals surface area contributed by atoms with Crippen LogP contribution < -0.4 is 5.73 Å². The molecule has 0 aromatic carbocycles. The Morgan fingerprint density at radius 1 is 1.15 bits per heavy atom. The van der Waals surface area contributed by atoms with Crippen molar-refractivity contribution in [2.24, 2.45) is 10.8 Å². The zero-order chi connectivity index (χ0) is 15.3. The topological polar surface area (TPSA) is 54.7 Å². The second-order valence-electron chi connectivity index (χ2n) is 8.02. The highest BCUT2D eigenvalue weighted by Gasteiger charge is 2.40. The van der Waals surface area contributed by atoms with E-state index in [-0.39, 0.29) is 0 Å². The summed E-state index contributed by atoms with van der Waals surface area (Å²) in [6.45, 7) is 13.4. The van der Waals surface area contributed by atoms with Gasteiger partial charge in [-0.1, -0.05) is 27.7 Å². The number of nitrogens with two attached hydrogens (primary N) is 1. The van der Waals surface area contributed by atoms with Crippen LogP contribution in [0.15, 0.2) is 0 Å². The fourth-order valence-electron chi connectivity index (χ4n) is 4.44. The fraction of sp³-hybridized carbons (Fsp3) is 0.706. The van der Waals surface area contributed by atoms with Gasteiger partial charge in [-0.05, 0) is 49.5 Å². The summed E-state index contributed by atoms with van der Waals surface area (Å²) in [5, 5.41) is 9.30. The predicted octanol–water partition coefficient (Wildman–Crippen LogP) is 4.34. The normalized spacial score (nSPS) is 21.6. The molecule has 3 heteroatoms. The summed E-state index contributed by atoms with van der Waals surface area (Å²) >= 11 is 0. The molecule has 3 nitrogen and oxygen atoms in total. The van der Waals surface area contributed by atoms with Crippen molar-refractivity contribution in [3.8, 4) is 6.07 Å². The van der Waals surface area contributed by atoms with Gasteiger partial charge >= 0.3 is 0 Å². The van der Waals surface area contributed by atoms with E-state index in [1.54, 1.807) is 0 Å². The maximum atomic E-state index is 9.30. The molecular weight excluding hydrogens is 246 g/mol. The van der Waals surface area contributed by atoms with Gasteiger partial charge in [-0.3, -0.25) is 0 Å². The molecule has 2 N–H and O–H groups in total. The van der Waals surface area contributed by atoms with Gasteiger partial charge in [-0.25, -0.2) is 0 Å². The van der Waals surface area contributed by atoms with Crippen molar-refractivity contribution in [2.45, 2.75) is 66.8 Å². The van der Waals surface area contributed by atoms with Crippen molar-refractivity contribution in [1.29, 1.82) is 5.26 Å². The maximum Gasteiger partial charge on any atom is 0.122 e. The van der Waals surface area contributed by atoms with Gasteiger partial charge in [0.1, 0.15) is 11.9 Å². The van der Waals surface area contributed by atoms with E-state index in [2.05, 4.69) is 45.3 Å². The Kier molecular flexibility index (Phi) is 3.40. The maximum absolute atomic E-state index is 9.30.